The third-order valence-electron chi connectivity index (χ3n) is 1.93. The summed E-state index contributed by atoms with van der Waals surface area (Å²) in [6.45, 7) is 0.147. The Morgan fingerprint density at radius 1 is 1.33 bits per heavy atom. The molecular formula is C11H10F2N2O3. The van der Waals surface area contributed by atoms with Gasteiger partial charge in [0.05, 0.1) is 0 Å². The second-order valence-electron chi connectivity index (χ2n) is 3.25. The van der Waals surface area contributed by atoms with Crippen LogP contribution in [0.5, 0.6) is 0 Å². The predicted octanol–water partition coefficient (Wildman–Crippen LogP) is 1.12. The van der Waals surface area contributed by atoms with Gasteiger partial charge in [0.2, 0.25) is 5.91 Å². The Morgan fingerprint density at radius 3 is 2.33 bits per heavy atom. The monoisotopic (exact) mass is 256 g/mol. The van der Waals surface area contributed by atoms with Crippen LogP contribution < -0.4 is 11.1 Å². The summed E-state index contributed by atoms with van der Waals surface area (Å²) in [6, 6.07) is 1.45. The number of rotatable bonds is 4. The summed E-state index contributed by atoms with van der Waals surface area (Å²) >= 11 is 0. The highest BCUT2D eigenvalue weighted by atomic mass is 19.1. The normalized spacial score (nSPS) is 10.6. The van der Waals surface area contributed by atoms with Crippen molar-refractivity contribution in [2.24, 2.45) is 5.73 Å². The van der Waals surface area contributed by atoms with E-state index in [1.807, 2.05) is 0 Å². The van der Waals surface area contributed by atoms with Crippen LogP contribution in [0.2, 0.25) is 0 Å². The molecule has 0 heterocycles. The number of hydrogen-bond donors (Lipinski definition) is 3. The maximum atomic E-state index is 13.3. The number of hydrogen-bond acceptors (Lipinski definition) is 3. The van der Waals surface area contributed by atoms with Gasteiger partial charge in [0.25, 0.3) is 0 Å². The van der Waals surface area contributed by atoms with Crippen LogP contribution in [-0.2, 0) is 4.79 Å². The fourth-order valence-corrected chi connectivity index (χ4v) is 1.21. The molecule has 5 nitrogen and oxygen atoms in total. The van der Waals surface area contributed by atoms with Gasteiger partial charge in [-0.15, -0.1) is 0 Å². The Balaban J connectivity index is 2.97. The maximum Gasteiger partial charge on any atom is 0.341 e. The minimum absolute atomic E-state index is 0.147. The number of amides is 1. The first-order valence-electron chi connectivity index (χ1n) is 4.85. The molecular weight excluding hydrogens is 246 g/mol. The van der Waals surface area contributed by atoms with E-state index >= 15 is 0 Å². The van der Waals surface area contributed by atoms with Gasteiger partial charge in [0.15, 0.2) is 0 Å². The van der Waals surface area contributed by atoms with Crippen molar-refractivity contribution < 1.29 is 23.5 Å². The molecule has 18 heavy (non-hydrogen) atoms. The first-order valence-corrected chi connectivity index (χ1v) is 4.85. The molecule has 1 aromatic carbocycles. The van der Waals surface area contributed by atoms with Crippen LogP contribution >= 0.6 is 0 Å². The second kappa shape index (κ2) is 5.87. The lowest BCUT2D eigenvalue weighted by Crippen LogP contribution is -2.11. The van der Waals surface area contributed by atoms with E-state index in [9.17, 15) is 18.4 Å². The number of carboxylic acid groups (broad SMARTS) is 1. The number of nitrogens with two attached hydrogens (primary N) is 1. The minimum atomic E-state index is -1.72. The van der Waals surface area contributed by atoms with E-state index in [-0.39, 0.29) is 12.2 Å². The van der Waals surface area contributed by atoms with Gasteiger partial charge in [-0.1, -0.05) is 6.08 Å². The van der Waals surface area contributed by atoms with Crippen molar-refractivity contribution in [3.8, 4) is 0 Å². The Kier molecular flexibility index (Phi) is 4.50. The lowest BCUT2D eigenvalue weighted by atomic mass is 10.1. The number of halogens is 2. The molecule has 0 spiro atoms. The zero-order valence-corrected chi connectivity index (χ0v) is 9.11. The average Bonchev–Trinajstić information content (AvgIpc) is 2.24. The van der Waals surface area contributed by atoms with Gasteiger partial charge in [-0.3, -0.25) is 4.79 Å². The molecule has 0 unspecified atom stereocenters. The van der Waals surface area contributed by atoms with Gasteiger partial charge in [-0.05, 0) is 12.1 Å². The molecule has 0 radical (unpaired) electrons. The summed E-state index contributed by atoms with van der Waals surface area (Å²) < 4.78 is 26.5. The van der Waals surface area contributed by atoms with Gasteiger partial charge in [-0.25, -0.2) is 13.6 Å². The van der Waals surface area contributed by atoms with Gasteiger partial charge < -0.3 is 16.2 Å². The molecule has 0 aliphatic heterocycles. The van der Waals surface area contributed by atoms with Crippen molar-refractivity contribution >= 4 is 17.6 Å². The zero-order chi connectivity index (χ0) is 13.7. The molecule has 0 atom stereocenters. The lowest BCUT2D eigenvalue weighted by molar-refractivity contribution is -0.111. The first kappa shape index (κ1) is 13.8. The van der Waals surface area contributed by atoms with Crippen LogP contribution in [0.25, 0.3) is 0 Å². The molecule has 0 saturated heterocycles. The fourth-order valence-electron chi connectivity index (χ4n) is 1.21. The summed E-state index contributed by atoms with van der Waals surface area (Å²) in [6.07, 6.45) is 2.45. The summed E-state index contributed by atoms with van der Waals surface area (Å²) in [5, 5.41) is 10.7. The van der Waals surface area contributed by atoms with Crippen molar-refractivity contribution in [1.82, 2.24) is 0 Å². The minimum Gasteiger partial charge on any atom is -0.477 e. The lowest BCUT2D eigenvalue weighted by Gasteiger charge is -2.05. The second-order valence-corrected chi connectivity index (χ2v) is 3.25. The van der Waals surface area contributed by atoms with Crippen molar-refractivity contribution in [3.05, 3.63) is 41.5 Å². The summed E-state index contributed by atoms with van der Waals surface area (Å²) in [5.74, 6) is -4.87. The number of benzene rings is 1. The molecule has 0 aliphatic rings. The first-order chi connectivity index (χ1) is 8.45. The van der Waals surface area contributed by atoms with E-state index in [1.165, 1.54) is 6.08 Å². The predicted molar refractivity (Wildman–Crippen MR) is 60.1 cm³/mol. The van der Waals surface area contributed by atoms with Crippen molar-refractivity contribution in [1.29, 1.82) is 0 Å². The molecule has 4 N–H and O–H groups in total. The number of carbonyl (C=O) groups excluding carboxylic acids is 1. The standard InChI is InChI=1S/C11H10F2N2O3/c12-7-4-6(15-9(16)2-1-3-14)5-8(13)10(7)11(17)18/h1-2,4-5H,3,14H2,(H,15,16)(H,17,18)/b2-1+. The van der Waals surface area contributed by atoms with Gasteiger partial charge in [0.1, 0.15) is 17.2 Å². The van der Waals surface area contributed by atoms with Gasteiger partial charge in [-0.2, -0.15) is 0 Å². The van der Waals surface area contributed by atoms with E-state index in [4.69, 9.17) is 10.8 Å². The third-order valence-corrected chi connectivity index (χ3v) is 1.93. The highest BCUT2D eigenvalue weighted by Gasteiger charge is 2.18. The zero-order valence-electron chi connectivity index (χ0n) is 9.11. The van der Waals surface area contributed by atoms with Crippen molar-refractivity contribution in [2.75, 3.05) is 11.9 Å². The Morgan fingerprint density at radius 2 is 1.89 bits per heavy atom. The van der Waals surface area contributed by atoms with Crippen LogP contribution in [-0.4, -0.2) is 23.5 Å². The summed E-state index contributed by atoms with van der Waals surface area (Å²) in [7, 11) is 0. The number of carboxylic acids is 1. The smallest absolute Gasteiger partial charge is 0.341 e. The van der Waals surface area contributed by atoms with Crippen molar-refractivity contribution in [3.63, 3.8) is 0 Å². The number of carbonyl (C=O) groups is 2. The fraction of sp³-hybridized carbons (Fsp3) is 0.0909. The van der Waals surface area contributed by atoms with Gasteiger partial charge >= 0.3 is 5.97 Å². The number of anilines is 1. The molecule has 1 rings (SSSR count). The molecule has 1 amide bonds. The molecule has 0 fully saturated rings. The van der Waals surface area contributed by atoms with E-state index in [0.717, 1.165) is 18.2 Å². The van der Waals surface area contributed by atoms with Crippen molar-refractivity contribution in [2.45, 2.75) is 0 Å². The van der Waals surface area contributed by atoms with Crippen LogP contribution in [0.15, 0.2) is 24.3 Å². The van der Waals surface area contributed by atoms with E-state index in [2.05, 4.69) is 5.32 Å². The largest absolute Gasteiger partial charge is 0.477 e. The Labute approximate surface area is 101 Å². The summed E-state index contributed by atoms with van der Waals surface area (Å²) in [4.78, 5) is 21.7. The highest BCUT2D eigenvalue weighted by molar-refractivity contribution is 5.99. The van der Waals surface area contributed by atoms with Crippen LogP contribution in [0.1, 0.15) is 10.4 Å². The van der Waals surface area contributed by atoms with E-state index in [0.29, 0.717) is 0 Å². The third kappa shape index (κ3) is 3.36. The molecule has 0 aliphatic carbocycles. The maximum absolute atomic E-state index is 13.3. The number of aromatic carboxylic acids is 1. The topological polar surface area (TPSA) is 92.4 Å². The van der Waals surface area contributed by atoms with E-state index in [1.54, 1.807) is 0 Å². The van der Waals surface area contributed by atoms with Gasteiger partial charge in [0, 0.05) is 18.3 Å². The number of nitrogens with one attached hydrogen (secondary N) is 1. The molecule has 96 valence electrons. The Bertz CT molecular complexity index is 492. The Hall–Kier alpha value is -2.28. The molecule has 1 aromatic rings. The average molecular weight is 256 g/mol. The highest BCUT2D eigenvalue weighted by Crippen LogP contribution is 2.18. The molecule has 7 heteroatoms. The van der Waals surface area contributed by atoms with Crippen LogP contribution in [0.4, 0.5) is 14.5 Å². The quantitative estimate of drug-likeness (QED) is 0.704. The molecule has 0 saturated carbocycles. The molecule has 0 aromatic heterocycles. The van der Waals surface area contributed by atoms with Crippen LogP contribution in [0, 0.1) is 11.6 Å². The summed E-state index contributed by atoms with van der Waals surface area (Å²) in [5.41, 5.74) is 3.88. The SMILES string of the molecule is NC/C=C/C(=O)Nc1cc(F)c(C(=O)O)c(F)c1. The molecule has 0 bridgehead atoms. The van der Waals surface area contributed by atoms with Crippen LogP contribution in [0.3, 0.4) is 0 Å². The van der Waals surface area contributed by atoms with E-state index < -0.39 is 29.1 Å².